The van der Waals surface area contributed by atoms with Crippen molar-refractivity contribution in [2.75, 3.05) is 6.61 Å². The van der Waals surface area contributed by atoms with Crippen molar-refractivity contribution >= 4 is 0 Å². The highest BCUT2D eigenvalue weighted by Crippen LogP contribution is 2.37. The van der Waals surface area contributed by atoms with Crippen LogP contribution in [0.3, 0.4) is 0 Å². The highest BCUT2D eigenvalue weighted by Gasteiger charge is 2.54. The Morgan fingerprint density at radius 3 is 2.80 bits per heavy atom. The summed E-state index contributed by atoms with van der Waals surface area (Å²) < 4.78 is 5.95. The Bertz CT molecular complexity index is 663. The van der Waals surface area contributed by atoms with Gasteiger partial charge in [0.25, 0.3) is 5.56 Å². The van der Waals surface area contributed by atoms with Gasteiger partial charge in [-0.05, 0) is 5.53 Å². The smallest absolute Gasteiger partial charge is 0.330 e. The number of hydrogen-bond acceptors (Lipinski definition) is 7. The molecule has 11 nitrogen and oxygen atoms in total. The van der Waals surface area contributed by atoms with Crippen LogP contribution in [0, 0.1) is 0 Å². The number of aromatic nitrogens is 2. The first-order chi connectivity index (χ1) is 9.45. The first-order valence-electron chi connectivity index (χ1n) is 5.48. The quantitative estimate of drug-likeness (QED) is 0.278. The third-order valence-electron chi connectivity index (χ3n) is 2.97. The van der Waals surface area contributed by atoms with Crippen LogP contribution in [0.4, 0.5) is 0 Å². The van der Waals surface area contributed by atoms with E-state index in [1.807, 2.05) is 4.98 Å². The monoisotopic (exact) mass is 285 g/mol. The van der Waals surface area contributed by atoms with Crippen LogP contribution in [0.2, 0.25) is 0 Å². The van der Waals surface area contributed by atoms with Crippen molar-refractivity contribution in [3.63, 3.8) is 0 Å². The molecule has 1 aromatic rings. The van der Waals surface area contributed by atoms with Gasteiger partial charge in [-0.3, -0.25) is 14.3 Å². The molecule has 0 aliphatic carbocycles. The minimum atomic E-state index is -2.10. The zero-order chi connectivity index (χ0) is 14.9. The summed E-state index contributed by atoms with van der Waals surface area (Å²) in [6, 6.07) is 1.01. The molecule has 0 radical (unpaired) electrons. The number of nitrogens with zero attached hydrogens (tertiary/aromatic N) is 4. The predicted octanol–water partition coefficient (Wildman–Crippen LogP) is -2.21. The maximum absolute atomic E-state index is 11.6. The largest absolute Gasteiger partial charge is 0.393 e. The number of aliphatic hydroxyl groups is 3. The average Bonchev–Trinajstić information content (AvgIpc) is 2.65. The third-order valence-corrected chi connectivity index (χ3v) is 2.97. The van der Waals surface area contributed by atoms with Crippen LogP contribution in [0.15, 0.2) is 27.0 Å². The van der Waals surface area contributed by atoms with Crippen molar-refractivity contribution in [3.8, 4) is 0 Å². The molecule has 1 aromatic heterocycles. The number of rotatable bonds is 3. The highest BCUT2D eigenvalue weighted by atomic mass is 16.6. The van der Waals surface area contributed by atoms with E-state index >= 15 is 0 Å². The molecule has 2 heterocycles. The SMILES string of the molecule is [N-]=[N+]=NC1(CO)OC(n2ccc(=O)[nH]c2=O)C(O)C1O. The van der Waals surface area contributed by atoms with Crippen LogP contribution >= 0.6 is 0 Å². The third kappa shape index (κ3) is 2.09. The highest BCUT2D eigenvalue weighted by molar-refractivity contribution is 5.00. The molecule has 108 valence electrons. The predicted molar refractivity (Wildman–Crippen MR) is 62.4 cm³/mol. The van der Waals surface area contributed by atoms with Crippen molar-refractivity contribution in [2.24, 2.45) is 5.11 Å². The van der Waals surface area contributed by atoms with Gasteiger partial charge in [-0.1, -0.05) is 5.11 Å². The van der Waals surface area contributed by atoms with Gasteiger partial charge in [0.05, 0.1) is 6.61 Å². The van der Waals surface area contributed by atoms with Gasteiger partial charge in [0, 0.05) is 17.2 Å². The molecule has 1 fully saturated rings. The molecule has 0 spiro atoms. The van der Waals surface area contributed by atoms with Crippen molar-refractivity contribution < 1.29 is 20.1 Å². The first kappa shape index (κ1) is 14.2. The molecule has 0 bridgehead atoms. The van der Waals surface area contributed by atoms with Gasteiger partial charge in [0.15, 0.2) is 6.23 Å². The van der Waals surface area contributed by atoms with Crippen molar-refractivity contribution in [3.05, 3.63) is 43.5 Å². The van der Waals surface area contributed by atoms with Crippen LogP contribution in [0.1, 0.15) is 6.23 Å². The average molecular weight is 285 g/mol. The lowest BCUT2D eigenvalue weighted by Crippen LogP contribution is -2.44. The molecule has 11 heteroatoms. The summed E-state index contributed by atoms with van der Waals surface area (Å²) in [7, 11) is 0. The number of aliphatic hydroxyl groups excluding tert-OH is 3. The van der Waals surface area contributed by atoms with E-state index in [-0.39, 0.29) is 0 Å². The van der Waals surface area contributed by atoms with Gasteiger partial charge in [-0.15, -0.1) is 0 Å². The fraction of sp³-hybridized carbons (Fsp3) is 0.556. The van der Waals surface area contributed by atoms with E-state index in [4.69, 9.17) is 10.3 Å². The van der Waals surface area contributed by atoms with Gasteiger partial charge < -0.3 is 20.1 Å². The van der Waals surface area contributed by atoms with Crippen molar-refractivity contribution in [1.29, 1.82) is 0 Å². The molecule has 0 saturated carbocycles. The summed E-state index contributed by atoms with van der Waals surface area (Å²) in [5.41, 5.74) is 4.79. The normalized spacial score (nSPS) is 32.9. The van der Waals surface area contributed by atoms with E-state index in [2.05, 4.69) is 10.0 Å². The molecule has 4 atom stereocenters. The summed E-state index contributed by atoms with van der Waals surface area (Å²) in [6.45, 7) is -0.899. The second-order valence-electron chi connectivity index (χ2n) is 4.15. The minimum Gasteiger partial charge on any atom is -0.393 e. The summed E-state index contributed by atoms with van der Waals surface area (Å²) >= 11 is 0. The molecule has 1 saturated heterocycles. The maximum Gasteiger partial charge on any atom is 0.330 e. The molecule has 0 amide bonds. The summed E-state index contributed by atoms with van der Waals surface area (Å²) in [5.74, 6) is 0. The molecule has 1 aliphatic heterocycles. The number of azide groups is 1. The van der Waals surface area contributed by atoms with E-state index in [9.17, 15) is 24.9 Å². The molecule has 0 aromatic carbocycles. The number of nitrogens with one attached hydrogen (secondary N) is 1. The second kappa shape index (κ2) is 5.07. The number of aromatic amines is 1. The van der Waals surface area contributed by atoms with Gasteiger partial charge in [0.1, 0.15) is 12.2 Å². The topological polar surface area (TPSA) is 174 Å². The Morgan fingerprint density at radius 1 is 1.55 bits per heavy atom. The molecule has 4 N–H and O–H groups in total. The molecular formula is C9H11N5O6. The molecule has 2 rings (SSSR count). The van der Waals surface area contributed by atoms with Gasteiger partial charge >= 0.3 is 5.69 Å². The van der Waals surface area contributed by atoms with E-state index in [0.29, 0.717) is 0 Å². The molecule has 4 unspecified atom stereocenters. The lowest BCUT2D eigenvalue weighted by atomic mass is 10.1. The maximum atomic E-state index is 11.6. The van der Waals surface area contributed by atoms with Crippen molar-refractivity contribution in [2.45, 2.75) is 24.2 Å². The van der Waals surface area contributed by atoms with Gasteiger partial charge in [-0.25, -0.2) is 4.79 Å². The van der Waals surface area contributed by atoms with E-state index in [1.54, 1.807) is 0 Å². The summed E-state index contributed by atoms with van der Waals surface area (Å²) in [5, 5.41) is 32.1. The first-order valence-corrected chi connectivity index (χ1v) is 5.48. The van der Waals surface area contributed by atoms with E-state index < -0.39 is 42.0 Å². The Labute approximate surface area is 110 Å². The fourth-order valence-corrected chi connectivity index (χ4v) is 1.94. The van der Waals surface area contributed by atoms with E-state index in [0.717, 1.165) is 16.8 Å². The number of ether oxygens (including phenoxy) is 1. The van der Waals surface area contributed by atoms with Gasteiger partial charge in [-0.2, -0.15) is 0 Å². The summed E-state index contributed by atoms with van der Waals surface area (Å²) in [4.78, 5) is 26.9. The molecule has 1 aliphatic rings. The summed E-state index contributed by atoms with van der Waals surface area (Å²) in [6.07, 6.45) is -3.76. The van der Waals surface area contributed by atoms with Crippen LogP contribution in [0.25, 0.3) is 10.4 Å². The number of H-pyrrole nitrogens is 1. The minimum absolute atomic E-state index is 0.650. The van der Waals surface area contributed by atoms with Crippen LogP contribution in [-0.2, 0) is 4.74 Å². The van der Waals surface area contributed by atoms with Crippen molar-refractivity contribution in [1.82, 2.24) is 9.55 Å². The Balaban J connectivity index is 2.47. The fourth-order valence-electron chi connectivity index (χ4n) is 1.94. The Kier molecular flexibility index (Phi) is 3.61. The molecular weight excluding hydrogens is 274 g/mol. The lowest BCUT2D eigenvalue weighted by molar-refractivity contribution is -0.125. The van der Waals surface area contributed by atoms with E-state index in [1.165, 1.54) is 0 Å². The molecule has 20 heavy (non-hydrogen) atoms. The van der Waals surface area contributed by atoms with Gasteiger partial charge in [0.2, 0.25) is 5.72 Å². The second-order valence-corrected chi connectivity index (χ2v) is 4.15. The Morgan fingerprint density at radius 2 is 2.25 bits per heavy atom. The number of hydrogen-bond donors (Lipinski definition) is 4. The Hall–Kier alpha value is -2.17. The van der Waals surface area contributed by atoms with Crippen LogP contribution in [-0.4, -0.2) is 49.4 Å². The standard InChI is InChI=1S/C9H11N5O6/c10-13-12-9(3-15)6(18)5(17)7(20-9)14-2-1-4(16)11-8(14)19/h1-2,5-7,15,17-18H,3H2,(H,11,16,19). The van der Waals surface area contributed by atoms with Crippen LogP contribution in [0.5, 0.6) is 0 Å². The lowest BCUT2D eigenvalue weighted by Gasteiger charge is -2.23. The zero-order valence-electron chi connectivity index (χ0n) is 9.95. The zero-order valence-corrected chi connectivity index (χ0v) is 9.95. The van der Waals surface area contributed by atoms with Crippen LogP contribution < -0.4 is 11.2 Å².